The Hall–Kier alpha value is -5.16. The third kappa shape index (κ3) is 5.11. The molecule has 0 spiro atoms. The van der Waals surface area contributed by atoms with Crippen LogP contribution in [0.25, 0.3) is 27.5 Å². The van der Waals surface area contributed by atoms with Gasteiger partial charge in [0.15, 0.2) is 0 Å². The topological polar surface area (TPSA) is 17.9 Å². The van der Waals surface area contributed by atoms with Crippen molar-refractivity contribution in [3.8, 4) is 5.69 Å². The Bertz CT molecular complexity index is 2460. The molecule has 55 heavy (non-hydrogen) atoms. The van der Waals surface area contributed by atoms with E-state index in [1.54, 1.807) is 0 Å². The number of rotatable bonds is 5. The van der Waals surface area contributed by atoms with Gasteiger partial charge in [0.1, 0.15) is 0 Å². The molecule has 2 fully saturated rings. The van der Waals surface area contributed by atoms with E-state index in [1.165, 1.54) is 118 Å². The van der Waals surface area contributed by atoms with E-state index < -0.39 is 0 Å². The Morgan fingerprint density at radius 1 is 0.545 bits per heavy atom. The van der Waals surface area contributed by atoms with Crippen LogP contribution in [0, 0.1) is 11.8 Å². The molecule has 5 nitrogen and oxygen atoms in total. The van der Waals surface area contributed by atoms with Gasteiger partial charge in [0, 0.05) is 52.0 Å². The highest BCUT2D eigenvalue weighted by molar-refractivity contribution is 6.12. The first-order valence-electron chi connectivity index (χ1n) is 21.1. The number of hydrogen-bond acceptors (Lipinski definition) is 4. The van der Waals surface area contributed by atoms with Crippen molar-refractivity contribution < 1.29 is 0 Å². The fraction of sp³-hybridized carbons (Fsp3) is 0.360. The van der Waals surface area contributed by atoms with Crippen LogP contribution in [0.1, 0.15) is 88.8 Å². The monoisotopic (exact) mass is 723 g/mol. The summed E-state index contributed by atoms with van der Waals surface area (Å²) in [5.41, 5.74) is 12.8. The standard InChI is InChI=1S/C50H53N5/c1-34-18-22-37(23-19-34)51-28-29-52(32-51)39-11-8-10-36(30-39)50(3)43-14-9-13-42-41-12-4-5-15-45(41)55(49(42)43)46-27-26-40(31-44(46)50)54-33-53(38-24-20-35(2)21-25-38)47-16-6-7-17-48(47)54/h4-17,26-31,34-35,37-38H,18-25,32-33H2,1-3H3. The summed E-state index contributed by atoms with van der Waals surface area (Å²) in [5.74, 6) is 1.70. The van der Waals surface area contributed by atoms with E-state index in [-0.39, 0.29) is 5.41 Å². The molecule has 11 rings (SSSR count). The first-order valence-corrected chi connectivity index (χ1v) is 21.1. The molecule has 0 radical (unpaired) electrons. The summed E-state index contributed by atoms with van der Waals surface area (Å²) < 4.78 is 2.56. The molecule has 0 amide bonds. The summed E-state index contributed by atoms with van der Waals surface area (Å²) in [5, 5.41) is 2.65. The van der Waals surface area contributed by atoms with Gasteiger partial charge in [0.05, 0.1) is 41.4 Å². The molecule has 6 aromatic rings. The minimum atomic E-state index is -0.383. The fourth-order valence-electron chi connectivity index (χ4n) is 11.2. The van der Waals surface area contributed by atoms with E-state index >= 15 is 0 Å². The van der Waals surface area contributed by atoms with Crippen molar-refractivity contribution >= 4 is 44.6 Å². The molecule has 1 aromatic heterocycles. The van der Waals surface area contributed by atoms with Crippen LogP contribution in [-0.4, -0.2) is 34.9 Å². The van der Waals surface area contributed by atoms with Gasteiger partial charge in [-0.2, -0.15) is 0 Å². The minimum Gasteiger partial charge on any atom is -0.355 e. The zero-order valence-electron chi connectivity index (χ0n) is 32.7. The van der Waals surface area contributed by atoms with Crippen molar-refractivity contribution in [3.63, 3.8) is 0 Å². The van der Waals surface area contributed by atoms with E-state index in [1.807, 2.05) is 0 Å². The van der Waals surface area contributed by atoms with Crippen LogP contribution in [0.4, 0.5) is 22.7 Å². The van der Waals surface area contributed by atoms with Crippen LogP contribution >= 0.6 is 0 Å². The molecule has 0 bridgehead atoms. The Morgan fingerprint density at radius 2 is 1.25 bits per heavy atom. The van der Waals surface area contributed by atoms with Gasteiger partial charge in [-0.15, -0.1) is 0 Å². The van der Waals surface area contributed by atoms with Crippen molar-refractivity contribution in [3.05, 3.63) is 138 Å². The van der Waals surface area contributed by atoms with Crippen molar-refractivity contribution in [2.24, 2.45) is 11.8 Å². The average Bonchev–Trinajstić information content (AvgIpc) is 3.96. The lowest BCUT2D eigenvalue weighted by atomic mass is 9.68. The zero-order valence-corrected chi connectivity index (χ0v) is 32.7. The number of benzene rings is 5. The van der Waals surface area contributed by atoms with E-state index in [0.29, 0.717) is 12.1 Å². The maximum atomic E-state index is 2.71. The summed E-state index contributed by atoms with van der Waals surface area (Å²) in [6, 6.07) is 43.2. The van der Waals surface area contributed by atoms with Crippen LogP contribution in [0.3, 0.4) is 0 Å². The fourth-order valence-corrected chi connectivity index (χ4v) is 11.2. The summed E-state index contributed by atoms with van der Waals surface area (Å²) in [6.07, 6.45) is 15.1. The average molecular weight is 724 g/mol. The molecular weight excluding hydrogens is 671 g/mol. The van der Waals surface area contributed by atoms with Crippen molar-refractivity contribution in [1.82, 2.24) is 9.47 Å². The van der Waals surface area contributed by atoms with Crippen LogP contribution in [-0.2, 0) is 5.41 Å². The zero-order chi connectivity index (χ0) is 36.8. The lowest BCUT2D eigenvalue weighted by Gasteiger charge is -2.39. The predicted molar refractivity (Wildman–Crippen MR) is 230 cm³/mol. The number of hydrogen-bond donors (Lipinski definition) is 0. The second kappa shape index (κ2) is 12.7. The first kappa shape index (κ1) is 33.2. The van der Waals surface area contributed by atoms with Crippen molar-refractivity contribution in [2.45, 2.75) is 89.6 Å². The molecular formula is C50H53N5. The van der Waals surface area contributed by atoms with Gasteiger partial charge in [0.2, 0.25) is 0 Å². The number of aromatic nitrogens is 1. The second-order valence-electron chi connectivity index (χ2n) is 17.7. The van der Waals surface area contributed by atoms with E-state index in [2.05, 4.69) is 167 Å². The molecule has 0 saturated heterocycles. The largest absolute Gasteiger partial charge is 0.355 e. The smallest absolute Gasteiger partial charge is 0.0955 e. The maximum Gasteiger partial charge on any atom is 0.0955 e. The van der Waals surface area contributed by atoms with Crippen LogP contribution in [0.2, 0.25) is 0 Å². The SMILES string of the molecule is CC1CCC(N2C=CN(c3cccc(C4(C)c5cc(N6CN(C7CCC(C)CC7)c7ccccc76)ccc5-n5c6ccccc6c6cccc4c65)c3)C2)CC1. The molecule has 278 valence electrons. The van der Waals surface area contributed by atoms with Gasteiger partial charge in [-0.3, -0.25) is 0 Å². The minimum absolute atomic E-state index is 0.383. The third-order valence-corrected chi connectivity index (χ3v) is 14.5. The Labute approximate surface area is 326 Å². The van der Waals surface area contributed by atoms with Crippen molar-refractivity contribution in [2.75, 3.05) is 28.0 Å². The summed E-state index contributed by atoms with van der Waals surface area (Å²) in [6.45, 7) is 9.15. The molecule has 3 aliphatic heterocycles. The Morgan fingerprint density at radius 3 is 2.07 bits per heavy atom. The van der Waals surface area contributed by atoms with E-state index in [4.69, 9.17) is 0 Å². The number of para-hydroxylation sites is 4. The highest BCUT2D eigenvalue weighted by atomic mass is 15.4. The quantitative estimate of drug-likeness (QED) is 0.176. The third-order valence-electron chi connectivity index (χ3n) is 14.5. The van der Waals surface area contributed by atoms with E-state index in [9.17, 15) is 0 Å². The summed E-state index contributed by atoms with van der Waals surface area (Å²) in [7, 11) is 0. The molecule has 5 heteroatoms. The number of nitrogens with zero attached hydrogens (tertiary/aromatic N) is 5. The van der Waals surface area contributed by atoms with Gasteiger partial charge in [-0.05, 0) is 135 Å². The van der Waals surface area contributed by atoms with Crippen LogP contribution in [0.5, 0.6) is 0 Å². The molecule has 0 N–H and O–H groups in total. The molecule has 1 atom stereocenters. The van der Waals surface area contributed by atoms with Gasteiger partial charge >= 0.3 is 0 Å². The molecule has 5 aromatic carbocycles. The first-order chi connectivity index (χ1) is 27.0. The van der Waals surface area contributed by atoms with Gasteiger partial charge < -0.3 is 24.2 Å². The summed E-state index contributed by atoms with van der Waals surface area (Å²) in [4.78, 5) is 10.4. The molecule has 2 saturated carbocycles. The Balaban J connectivity index is 1.04. The molecule has 4 heterocycles. The second-order valence-corrected chi connectivity index (χ2v) is 17.7. The Kier molecular flexibility index (Phi) is 7.66. The molecule has 5 aliphatic rings. The van der Waals surface area contributed by atoms with Crippen LogP contribution < -0.4 is 14.7 Å². The lowest BCUT2D eigenvalue weighted by molar-refractivity contribution is 0.203. The van der Waals surface area contributed by atoms with Crippen molar-refractivity contribution in [1.29, 1.82) is 0 Å². The summed E-state index contributed by atoms with van der Waals surface area (Å²) >= 11 is 0. The van der Waals surface area contributed by atoms with Gasteiger partial charge in [-0.1, -0.05) is 74.5 Å². The maximum absolute atomic E-state index is 2.71. The molecule has 2 aliphatic carbocycles. The number of fused-ring (bicyclic) bond motifs is 6. The highest BCUT2D eigenvalue weighted by Crippen LogP contribution is 2.53. The predicted octanol–water partition coefficient (Wildman–Crippen LogP) is 12.1. The van der Waals surface area contributed by atoms with Crippen LogP contribution in [0.15, 0.2) is 122 Å². The van der Waals surface area contributed by atoms with Gasteiger partial charge in [0.25, 0.3) is 0 Å². The van der Waals surface area contributed by atoms with E-state index in [0.717, 1.165) is 25.2 Å². The molecule has 1 unspecified atom stereocenters. The van der Waals surface area contributed by atoms with Gasteiger partial charge in [-0.25, -0.2) is 0 Å². The normalized spacial score (nSPS) is 25.9. The number of anilines is 4. The highest BCUT2D eigenvalue weighted by Gasteiger charge is 2.42. The lowest BCUT2D eigenvalue weighted by Crippen LogP contribution is -2.39.